The van der Waals surface area contributed by atoms with Crippen molar-refractivity contribution in [2.75, 3.05) is 4.72 Å². The number of halogens is 2. The van der Waals surface area contributed by atoms with Crippen molar-refractivity contribution in [3.63, 3.8) is 0 Å². The zero-order chi connectivity index (χ0) is 15.6. The van der Waals surface area contributed by atoms with Gasteiger partial charge in [0, 0.05) is 10.4 Å². The van der Waals surface area contributed by atoms with Crippen molar-refractivity contribution in [2.24, 2.45) is 0 Å². The lowest BCUT2D eigenvalue weighted by atomic mass is 10.3. The highest BCUT2D eigenvalue weighted by atomic mass is 35.5. The van der Waals surface area contributed by atoms with E-state index in [2.05, 4.69) is 9.71 Å². The zero-order valence-corrected chi connectivity index (χ0v) is 12.6. The minimum absolute atomic E-state index is 0.0411. The maximum Gasteiger partial charge on any atom is 0.309 e. The lowest BCUT2D eigenvalue weighted by Crippen LogP contribution is -2.14. The summed E-state index contributed by atoms with van der Waals surface area (Å²) in [5, 5.41) is 10.1. The van der Waals surface area contributed by atoms with Crippen LogP contribution in [0.1, 0.15) is 5.69 Å². The number of hydrogen-bond acceptors (Lipinski definition) is 5. The Morgan fingerprint density at radius 1 is 1.48 bits per heavy atom. The van der Waals surface area contributed by atoms with Gasteiger partial charge in [-0.05, 0) is 18.2 Å². The summed E-state index contributed by atoms with van der Waals surface area (Å²) in [6.45, 7) is 0. The van der Waals surface area contributed by atoms with Crippen molar-refractivity contribution in [1.29, 1.82) is 0 Å². The van der Waals surface area contributed by atoms with Crippen LogP contribution in [0.5, 0.6) is 0 Å². The molecule has 0 radical (unpaired) electrons. The number of aliphatic carboxylic acids is 1. The van der Waals surface area contributed by atoms with Crippen molar-refractivity contribution in [2.45, 2.75) is 11.3 Å². The summed E-state index contributed by atoms with van der Waals surface area (Å²) in [5.74, 6) is -2.07. The van der Waals surface area contributed by atoms with Gasteiger partial charge < -0.3 is 5.11 Å². The molecule has 0 spiro atoms. The van der Waals surface area contributed by atoms with Crippen molar-refractivity contribution in [1.82, 2.24) is 4.98 Å². The summed E-state index contributed by atoms with van der Waals surface area (Å²) in [6.07, 6.45) is -0.326. The predicted octanol–water partition coefficient (Wildman–Crippen LogP) is 2.36. The van der Waals surface area contributed by atoms with E-state index in [0.717, 1.165) is 23.5 Å². The summed E-state index contributed by atoms with van der Waals surface area (Å²) in [4.78, 5) is 13.8. The molecule has 21 heavy (non-hydrogen) atoms. The van der Waals surface area contributed by atoms with Crippen LogP contribution in [-0.2, 0) is 21.2 Å². The van der Waals surface area contributed by atoms with Crippen molar-refractivity contribution < 1.29 is 22.7 Å². The second-order valence-corrected chi connectivity index (χ2v) is 6.84. The molecule has 6 nitrogen and oxygen atoms in total. The number of carbonyl (C=O) groups is 1. The van der Waals surface area contributed by atoms with Crippen molar-refractivity contribution >= 4 is 44.1 Å². The van der Waals surface area contributed by atoms with E-state index in [1.165, 1.54) is 11.4 Å². The van der Waals surface area contributed by atoms with Crippen LogP contribution < -0.4 is 4.72 Å². The van der Waals surface area contributed by atoms with Crippen LogP contribution in [0.4, 0.5) is 9.52 Å². The van der Waals surface area contributed by atoms with E-state index in [0.29, 0.717) is 0 Å². The first-order valence-electron chi connectivity index (χ1n) is 5.42. The fourth-order valence-electron chi connectivity index (χ4n) is 1.45. The first-order chi connectivity index (χ1) is 9.78. The summed E-state index contributed by atoms with van der Waals surface area (Å²) in [5.41, 5.74) is 0.210. The Kier molecular flexibility index (Phi) is 4.45. The highest BCUT2D eigenvalue weighted by Crippen LogP contribution is 2.23. The van der Waals surface area contributed by atoms with Gasteiger partial charge in [0.25, 0.3) is 10.0 Å². The van der Waals surface area contributed by atoms with E-state index in [1.54, 1.807) is 0 Å². The Bertz CT molecular complexity index is 791. The second-order valence-electron chi connectivity index (χ2n) is 3.89. The minimum Gasteiger partial charge on any atom is -0.481 e. The number of carboxylic acid groups (broad SMARTS) is 1. The standard InChI is InChI=1S/C11H8ClFN2O4S2/c12-6-1-2-9(8(13)3-6)21(18,19)15-11-14-7(5-20-11)4-10(16)17/h1-3,5H,4H2,(H,14,15)(H,16,17). The van der Waals surface area contributed by atoms with Crippen LogP contribution >= 0.6 is 22.9 Å². The number of aromatic nitrogens is 1. The summed E-state index contributed by atoms with van der Waals surface area (Å²) in [7, 11) is -4.16. The highest BCUT2D eigenvalue weighted by molar-refractivity contribution is 7.93. The van der Waals surface area contributed by atoms with Crippen LogP contribution in [-0.4, -0.2) is 24.5 Å². The minimum atomic E-state index is -4.16. The molecular formula is C11H8ClFN2O4S2. The number of rotatable bonds is 5. The number of carboxylic acids is 1. The lowest BCUT2D eigenvalue weighted by molar-refractivity contribution is -0.136. The molecule has 1 heterocycles. The summed E-state index contributed by atoms with van der Waals surface area (Å²) >= 11 is 6.47. The molecule has 2 rings (SSSR count). The van der Waals surface area contributed by atoms with E-state index < -0.39 is 26.7 Å². The fourth-order valence-corrected chi connectivity index (χ4v) is 3.64. The third-order valence-electron chi connectivity index (χ3n) is 2.29. The molecule has 0 saturated heterocycles. The Hall–Kier alpha value is -1.71. The van der Waals surface area contributed by atoms with Gasteiger partial charge in [-0.25, -0.2) is 17.8 Å². The molecule has 1 aromatic heterocycles. The van der Waals surface area contributed by atoms with E-state index in [-0.39, 0.29) is 22.3 Å². The zero-order valence-electron chi connectivity index (χ0n) is 10.2. The maximum atomic E-state index is 13.6. The van der Waals surface area contributed by atoms with Crippen molar-refractivity contribution in [3.8, 4) is 0 Å². The van der Waals surface area contributed by atoms with Gasteiger partial charge in [0.1, 0.15) is 10.7 Å². The molecule has 2 N–H and O–H groups in total. The average Bonchev–Trinajstić information content (AvgIpc) is 2.73. The van der Waals surface area contributed by atoms with E-state index in [1.807, 2.05) is 0 Å². The Morgan fingerprint density at radius 3 is 2.81 bits per heavy atom. The number of hydrogen-bond donors (Lipinski definition) is 2. The van der Waals surface area contributed by atoms with Gasteiger partial charge in [0.2, 0.25) is 0 Å². The molecule has 0 saturated carbocycles. The Balaban J connectivity index is 2.25. The monoisotopic (exact) mass is 350 g/mol. The molecule has 0 aliphatic rings. The average molecular weight is 351 g/mol. The molecule has 0 bridgehead atoms. The Labute approximate surface area is 128 Å². The van der Waals surface area contributed by atoms with Gasteiger partial charge in [0.15, 0.2) is 5.13 Å². The number of nitrogens with one attached hydrogen (secondary N) is 1. The first kappa shape index (κ1) is 15.7. The highest BCUT2D eigenvalue weighted by Gasteiger charge is 2.21. The molecule has 10 heteroatoms. The van der Waals surface area contributed by atoms with Crippen molar-refractivity contribution in [3.05, 3.63) is 40.1 Å². The van der Waals surface area contributed by atoms with Crippen LogP contribution in [0.2, 0.25) is 5.02 Å². The van der Waals surface area contributed by atoms with Gasteiger partial charge in [-0.15, -0.1) is 11.3 Å². The fraction of sp³-hybridized carbons (Fsp3) is 0.0909. The van der Waals surface area contributed by atoms with Gasteiger partial charge in [0.05, 0.1) is 12.1 Å². The quantitative estimate of drug-likeness (QED) is 0.862. The molecule has 112 valence electrons. The van der Waals surface area contributed by atoms with E-state index in [4.69, 9.17) is 16.7 Å². The maximum absolute atomic E-state index is 13.6. The van der Waals surface area contributed by atoms with Gasteiger partial charge in [-0.2, -0.15) is 0 Å². The molecule has 1 aromatic carbocycles. The topological polar surface area (TPSA) is 96.4 Å². The first-order valence-corrected chi connectivity index (χ1v) is 8.16. The molecule has 0 fully saturated rings. The SMILES string of the molecule is O=C(O)Cc1csc(NS(=O)(=O)c2ccc(Cl)cc2F)n1. The largest absolute Gasteiger partial charge is 0.481 e. The van der Waals surface area contributed by atoms with Gasteiger partial charge in [-0.1, -0.05) is 11.6 Å². The van der Waals surface area contributed by atoms with E-state index >= 15 is 0 Å². The van der Waals surface area contributed by atoms with Gasteiger partial charge in [-0.3, -0.25) is 9.52 Å². The molecule has 0 atom stereocenters. The number of benzene rings is 1. The summed E-state index contributed by atoms with van der Waals surface area (Å²) in [6, 6.07) is 3.16. The molecule has 0 aliphatic carbocycles. The van der Waals surface area contributed by atoms with Crippen LogP contribution in [0.15, 0.2) is 28.5 Å². The summed E-state index contributed by atoms with van der Waals surface area (Å²) < 4.78 is 39.8. The third-order valence-corrected chi connectivity index (χ3v) is 4.83. The van der Waals surface area contributed by atoms with Crippen LogP contribution in [0.25, 0.3) is 0 Å². The second kappa shape index (κ2) is 5.96. The van der Waals surface area contributed by atoms with Crippen LogP contribution in [0, 0.1) is 5.82 Å². The predicted molar refractivity (Wildman–Crippen MR) is 75.7 cm³/mol. The number of sulfonamides is 1. The molecule has 0 amide bonds. The smallest absolute Gasteiger partial charge is 0.309 e. The van der Waals surface area contributed by atoms with Crippen LogP contribution in [0.3, 0.4) is 0 Å². The van der Waals surface area contributed by atoms with E-state index in [9.17, 15) is 17.6 Å². The molecule has 2 aromatic rings. The number of anilines is 1. The Morgan fingerprint density at radius 2 is 2.19 bits per heavy atom. The number of nitrogens with zero attached hydrogens (tertiary/aromatic N) is 1. The third kappa shape index (κ3) is 3.90. The molecule has 0 unspecified atom stereocenters. The lowest BCUT2D eigenvalue weighted by Gasteiger charge is -2.06. The van der Waals surface area contributed by atoms with Gasteiger partial charge >= 0.3 is 5.97 Å². The molecular weight excluding hydrogens is 343 g/mol. The number of thiazole rings is 1. The molecule has 0 aliphatic heterocycles. The normalized spacial score (nSPS) is 11.3.